The summed E-state index contributed by atoms with van der Waals surface area (Å²) in [5.41, 5.74) is 2.83. The van der Waals surface area contributed by atoms with E-state index in [0.717, 1.165) is 26.2 Å². The Morgan fingerprint density at radius 2 is 2.22 bits per heavy atom. The van der Waals surface area contributed by atoms with E-state index in [4.69, 9.17) is 31.0 Å². The number of aromatic nitrogens is 4. The van der Waals surface area contributed by atoms with Gasteiger partial charge in [-0.1, -0.05) is 17.7 Å². The van der Waals surface area contributed by atoms with Crippen LogP contribution < -0.4 is 10.1 Å². The second kappa shape index (κ2) is 9.64. The van der Waals surface area contributed by atoms with Gasteiger partial charge in [0, 0.05) is 37.0 Å². The highest BCUT2D eigenvalue weighted by molar-refractivity contribution is 7.19. The van der Waals surface area contributed by atoms with Crippen LogP contribution in [0.25, 0.3) is 21.7 Å². The molecule has 1 saturated heterocycles. The normalized spacial score (nSPS) is 17.1. The topological polar surface area (TPSA) is 122 Å². The van der Waals surface area contributed by atoms with Gasteiger partial charge in [-0.05, 0) is 35.7 Å². The summed E-state index contributed by atoms with van der Waals surface area (Å²) >= 11 is 7.88. The molecular weight excluding hydrogens is 516 g/mol. The molecule has 2 aliphatic rings. The molecule has 1 fully saturated rings. The molecule has 4 aromatic rings. The Kier molecular flexibility index (Phi) is 6.17. The highest BCUT2D eigenvalue weighted by Gasteiger charge is 2.35. The maximum Gasteiger partial charge on any atom is 0.306 e. The molecular formula is C25H23ClN6O4S. The zero-order chi connectivity index (χ0) is 25.5. The lowest BCUT2D eigenvalue weighted by molar-refractivity contribution is -0.153. The summed E-state index contributed by atoms with van der Waals surface area (Å²) in [5, 5.41) is 11.9. The number of nitrogens with one attached hydrogen (secondary N) is 2. The van der Waals surface area contributed by atoms with Crippen molar-refractivity contribution in [1.29, 1.82) is 0 Å². The lowest BCUT2D eigenvalue weighted by Gasteiger charge is -2.28. The third kappa shape index (κ3) is 4.49. The smallest absolute Gasteiger partial charge is 0.306 e. The molecule has 0 radical (unpaired) electrons. The van der Waals surface area contributed by atoms with Gasteiger partial charge in [0.15, 0.2) is 11.9 Å². The minimum atomic E-state index is -0.677. The molecule has 2 aliphatic heterocycles. The zero-order valence-corrected chi connectivity index (χ0v) is 21.5. The van der Waals surface area contributed by atoms with Crippen molar-refractivity contribution in [3.63, 3.8) is 0 Å². The Labute approximate surface area is 221 Å². The molecule has 190 valence electrons. The quantitative estimate of drug-likeness (QED) is 0.354. The number of rotatable bonds is 6. The summed E-state index contributed by atoms with van der Waals surface area (Å²) in [6, 6.07) is 7.48. The van der Waals surface area contributed by atoms with E-state index in [-0.39, 0.29) is 11.9 Å². The van der Waals surface area contributed by atoms with Gasteiger partial charge in [0.05, 0.1) is 24.1 Å². The standard InChI is InChI=1S/C25H23ClN6O4S/c1-35-17-3-2-13(10-15(17)26)11-27-23-21-14-7-9-32(25(34)18-4-5-20(33)36-18)12-19(14)37-24(21)30-22(29-23)16-6-8-28-31-16/h2-3,6,8,10,18H,4-5,7,9,11-12H2,1H3,(H,28,31)(H,27,29,30). The number of hydrogen-bond donors (Lipinski definition) is 2. The van der Waals surface area contributed by atoms with Crippen molar-refractivity contribution in [3.05, 3.63) is 51.5 Å². The van der Waals surface area contributed by atoms with E-state index in [2.05, 4.69) is 15.5 Å². The third-order valence-corrected chi connectivity index (χ3v) is 8.00. The number of thiophene rings is 1. The molecule has 0 bridgehead atoms. The highest BCUT2D eigenvalue weighted by atomic mass is 35.5. The van der Waals surface area contributed by atoms with Gasteiger partial charge in [-0.3, -0.25) is 14.7 Å². The molecule has 1 aromatic carbocycles. The van der Waals surface area contributed by atoms with Crippen LogP contribution in [0.1, 0.15) is 28.8 Å². The minimum absolute atomic E-state index is 0.132. The number of cyclic esters (lactones) is 1. The Balaban J connectivity index is 1.33. The number of ether oxygens (including phenoxy) is 2. The number of fused-ring (bicyclic) bond motifs is 3. The summed E-state index contributed by atoms with van der Waals surface area (Å²) in [4.78, 5) is 37.8. The van der Waals surface area contributed by atoms with Crippen LogP contribution in [-0.2, 0) is 33.8 Å². The van der Waals surface area contributed by atoms with Gasteiger partial charge in [-0.25, -0.2) is 9.97 Å². The number of benzene rings is 1. The van der Waals surface area contributed by atoms with Crippen LogP contribution in [0.4, 0.5) is 5.82 Å². The van der Waals surface area contributed by atoms with Crippen LogP contribution in [0.15, 0.2) is 30.5 Å². The molecule has 1 unspecified atom stereocenters. The number of H-pyrrole nitrogens is 1. The monoisotopic (exact) mass is 538 g/mol. The first-order valence-corrected chi connectivity index (χ1v) is 13.1. The van der Waals surface area contributed by atoms with Gasteiger partial charge < -0.3 is 19.7 Å². The van der Waals surface area contributed by atoms with E-state index in [1.807, 2.05) is 24.3 Å². The summed E-state index contributed by atoms with van der Waals surface area (Å²) in [7, 11) is 1.59. The number of halogens is 1. The fourth-order valence-electron chi connectivity index (χ4n) is 4.72. The van der Waals surface area contributed by atoms with Crippen molar-refractivity contribution in [2.45, 2.75) is 38.5 Å². The van der Waals surface area contributed by atoms with Crippen LogP contribution in [0.2, 0.25) is 5.02 Å². The largest absolute Gasteiger partial charge is 0.495 e. The Morgan fingerprint density at radius 1 is 1.32 bits per heavy atom. The average Bonchev–Trinajstić information content (AvgIpc) is 3.66. The first-order chi connectivity index (χ1) is 18.0. The number of aromatic amines is 1. The van der Waals surface area contributed by atoms with Gasteiger partial charge in [0.2, 0.25) is 0 Å². The predicted molar refractivity (Wildman–Crippen MR) is 139 cm³/mol. The van der Waals surface area contributed by atoms with E-state index in [1.54, 1.807) is 29.5 Å². The number of carbonyl (C=O) groups excluding carboxylic acids is 2. The second-order valence-electron chi connectivity index (χ2n) is 8.90. The van der Waals surface area contributed by atoms with Crippen LogP contribution in [0, 0.1) is 0 Å². The summed E-state index contributed by atoms with van der Waals surface area (Å²) in [5.74, 6) is 1.42. The van der Waals surface area contributed by atoms with Crippen LogP contribution in [0.5, 0.6) is 5.75 Å². The first-order valence-electron chi connectivity index (χ1n) is 11.9. The highest BCUT2D eigenvalue weighted by Crippen LogP contribution is 2.39. The molecule has 1 amide bonds. The Hall–Kier alpha value is -3.70. The van der Waals surface area contributed by atoms with Gasteiger partial charge in [0.25, 0.3) is 5.91 Å². The van der Waals surface area contributed by atoms with Crippen molar-refractivity contribution >= 4 is 50.8 Å². The van der Waals surface area contributed by atoms with Crippen molar-refractivity contribution in [2.75, 3.05) is 19.0 Å². The molecule has 2 N–H and O–H groups in total. The molecule has 37 heavy (non-hydrogen) atoms. The predicted octanol–water partition coefficient (Wildman–Crippen LogP) is 3.95. The number of amides is 1. The fraction of sp³-hybridized carbons (Fsp3) is 0.320. The van der Waals surface area contributed by atoms with Gasteiger partial charge in [-0.15, -0.1) is 11.3 Å². The maximum absolute atomic E-state index is 13.0. The van der Waals surface area contributed by atoms with Gasteiger partial charge in [0.1, 0.15) is 22.1 Å². The van der Waals surface area contributed by atoms with Gasteiger partial charge in [-0.2, -0.15) is 5.10 Å². The molecule has 6 rings (SSSR count). The van der Waals surface area contributed by atoms with E-state index in [0.29, 0.717) is 67.0 Å². The van der Waals surface area contributed by atoms with Crippen molar-refractivity contribution in [3.8, 4) is 17.3 Å². The summed E-state index contributed by atoms with van der Waals surface area (Å²) in [6.07, 6.45) is 2.38. The molecule has 0 spiro atoms. The van der Waals surface area contributed by atoms with Crippen LogP contribution in [-0.4, -0.2) is 56.7 Å². The van der Waals surface area contributed by atoms with E-state index >= 15 is 0 Å². The average molecular weight is 539 g/mol. The lowest BCUT2D eigenvalue weighted by Crippen LogP contribution is -2.41. The number of nitrogens with zero attached hydrogens (tertiary/aromatic N) is 4. The number of anilines is 1. The van der Waals surface area contributed by atoms with Crippen molar-refractivity contribution in [2.24, 2.45) is 0 Å². The molecule has 1 atom stereocenters. The SMILES string of the molecule is COc1ccc(CNc2nc(-c3ccn[nH]3)nc3sc4c(c23)CCN(C(=O)C2CCC(=O)O2)C4)cc1Cl. The molecule has 0 aliphatic carbocycles. The maximum atomic E-state index is 13.0. The van der Waals surface area contributed by atoms with Crippen molar-refractivity contribution < 1.29 is 19.1 Å². The van der Waals surface area contributed by atoms with E-state index in [1.165, 1.54) is 0 Å². The number of carbonyl (C=O) groups is 2. The number of hydrogen-bond acceptors (Lipinski definition) is 9. The van der Waals surface area contributed by atoms with Crippen LogP contribution in [0.3, 0.4) is 0 Å². The minimum Gasteiger partial charge on any atom is -0.495 e. The van der Waals surface area contributed by atoms with Crippen molar-refractivity contribution in [1.82, 2.24) is 25.1 Å². The Bertz CT molecular complexity index is 1500. The molecule has 10 nitrogen and oxygen atoms in total. The zero-order valence-electron chi connectivity index (χ0n) is 19.9. The van der Waals surface area contributed by atoms with E-state index in [9.17, 15) is 9.59 Å². The van der Waals surface area contributed by atoms with Crippen LogP contribution >= 0.6 is 22.9 Å². The van der Waals surface area contributed by atoms with Gasteiger partial charge >= 0.3 is 5.97 Å². The Morgan fingerprint density at radius 3 is 2.95 bits per heavy atom. The molecule has 3 aromatic heterocycles. The molecule has 12 heteroatoms. The number of esters is 1. The third-order valence-electron chi connectivity index (χ3n) is 6.59. The molecule has 5 heterocycles. The first kappa shape index (κ1) is 23.7. The van der Waals surface area contributed by atoms with E-state index < -0.39 is 6.10 Å². The lowest BCUT2D eigenvalue weighted by atomic mass is 10.0. The molecule has 0 saturated carbocycles. The second-order valence-corrected chi connectivity index (χ2v) is 10.4. The fourth-order valence-corrected chi connectivity index (χ4v) is 6.24. The summed E-state index contributed by atoms with van der Waals surface area (Å²) < 4.78 is 10.5. The summed E-state index contributed by atoms with van der Waals surface area (Å²) in [6.45, 7) is 1.50. The number of methoxy groups -OCH3 is 1.